The van der Waals surface area contributed by atoms with Gasteiger partial charge in [-0.1, -0.05) is 11.8 Å². The molecule has 0 aliphatic heterocycles. The van der Waals surface area contributed by atoms with Gasteiger partial charge in [0, 0.05) is 16.7 Å². The van der Waals surface area contributed by atoms with Gasteiger partial charge in [0.05, 0.1) is 19.9 Å². The van der Waals surface area contributed by atoms with E-state index in [9.17, 15) is 0 Å². The molecule has 6 nitrogen and oxygen atoms in total. The van der Waals surface area contributed by atoms with Crippen molar-refractivity contribution in [3.05, 3.63) is 35.6 Å². The first-order valence-electron chi connectivity index (χ1n) is 6.45. The number of nitrogens with zero attached hydrogens (tertiary/aromatic N) is 3. The predicted molar refractivity (Wildman–Crippen MR) is 86.6 cm³/mol. The van der Waals surface area contributed by atoms with E-state index in [4.69, 9.17) is 9.47 Å². The zero-order valence-corrected chi connectivity index (χ0v) is 13.7. The van der Waals surface area contributed by atoms with Gasteiger partial charge in [-0.2, -0.15) is 5.10 Å². The van der Waals surface area contributed by atoms with Gasteiger partial charge in [-0.3, -0.25) is 5.10 Å². The number of nitrogens with one attached hydrogen (secondary N) is 1. The molecule has 0 atom stereocenters. The van der Waals surface area contributed by atoms with Crippen LogP contribution in [0.3, 0.4) is 0 Å². The van der Waals surface area contributed by atoms with Gasteiger partial charge in [0.2, 0.25) is 0 Å². The van der Waals surface area contributed by atoms with Gasteiger partial charge in [-0.15, -0.1) is 11.3 Å². The standard InChI is InChI=1S/C14H14N4O2S2/c1-19-11-4-3-9(5-12(11)20-2)13-17-10(6-21-13)7-22-14-15-8-16-18-14/h3-6,8H,7H2,1-2H3,(H,15,16,18). The summed E-state index contributed by atoms with van der Waals surface area (Å²) in [6.07, 6.45) is 1.50. The normalized spacial score (nSPS) is 10.6. The van der Waals surface area contributed by atoms with Crippen LogP contribution in [-0.4, -0.2) is 34.4 Å². The van der Waals surface area contributed by atoms with E-state index < -0.39 is 0 Å². The monoisotopic (exact) mass is 334 g/mol. The molecule has 0 aliphatic carbocycles. The average Bonchev–Trinajstić information content (AvgIpc) is 3.23. The molecule has 0 saturated carbocycles. The summed E-state index contributed by atoms with van der Waals surface area (Å²) in [5.74, 6) is 2.16. The fourth-order valence-electron chi connectivity index (χ4n) is 1.88. The Labute approximate surface area is 135 Å². The Morgan fingerprint density at radius 2 is 2.09 bits per heavy atom. The summed E-state index contributed by atoms with van der Waals surface area (Å²) in [4.78, 5) is 8.73. The lowest BCUT2D eigenvalue weighted by molar-refractivity contribution is 0.355. The predicted octanol–water partition coefficient (Wildman–Crippen LogP) is 3.24. The highest BCUT2D eigenvalue weighted by Gasteiger charge is 2.10. The average molecular weight is 334 g/mol. The Morgan fingerprint density at radius 1 is 1.23 bits per heavy atom. The second-order valence-corrected chi connectivity index (χ2v) is 6.12. The molecule has 2 aromatic heterocycles. The van der Waals surface area contributed by atoms with Gasteiger partial charge in [0.1, 0.15) is 11.3 Å². The summed E-state index contributed by atoms with van der Waals surface area (Å²) in [7, 11) is 3.25. The Kier molecular flexibility index (Phi) is 4.59. The summed E-state index contributed by atoms with van der Waals surface area (Å²) in [5.41, 5.74) is 2.02. The maximum Gasteiger partial charge on any atom is 0.183 e. The number of benzene rings is 1. The summed E-state index contributed by atoms with van der Waals surface area (Å²) in [6, 6.07) is 5.80. The molecule has 0 aliphatic rings. The number of hydrogen-bond acceptors (Lipinski definition) is 7. The van der Waals surface area contributed by atoms with E-state index in [1.807, 2.05) is 18.2 Å². The lowest BCUT2D eigenvalue weighted by atomic mass is 10.2. The number of methoxy groups -OCH3 is 2. The summed E-state index contributed by atoms with van der Waals surface area (Å²) < 4.78 is 10.6. The third-order valence-electron chi connectivity index (χ3n) is 2.93. The smallest absolute Gasteiger partial charge is 0.183 e. The fraction of sp³-hybridized carbons (Fsp3) is 0.214. The molecule has 1 N–H and O–H groups in total. The van der Waals surface area contributed by atoms with Gasteiger partial charge in [-0.25, -0.2) is 9.97 Å². The molecule has 114 valence electrons. The van der Waals surface area contributed by atoms with Crippen molar-refractivity contribution in [1.29, 1.82) is 0 Å². The molecule has 0 fully saturated rings. The molecule has 0 amide bonds. The van der Waals surface area contributed by atoms with Crippen LogP contribution < -0.4 is 9.47 Å². The molecule has 3 rings (SSSR count). The van der Waals surface area contributed by atoms with Crippen molar-refractivity contribution in [2.75, 3.05) is 14.2 Å². The molecule has 3 aromatic rings. The molecule has 0 saturated heterocycles. The third kappa shape index (κ3) is 3.23. The molecule has 0 spiro atoms. The van der Waals surface area contributed by atoms with Crippen LogP contribution in [0.25, 0.3) is 10.6 Å². The minimum atomic E-state index is 0.702. The van der Waals surface area contributed by atoms with Crippen LogP contribution in [0.4, 0.5) is 0 Å². The first-order chi connectivity index (χ1) is 10.8. The van der Waals surface area contributed by atoms with Crippen molar-refractivity contribution in [1.82, 2.24) is 20.2 Å². The number of thioether (sulfide) groups is 1. The van der Waals surface area contributed by atoms with Crippen LogP contribution in [0.5, 0.6) is 11.5 Å². The maximum atomic E-state index is 5.33. The second kappa shape index (κ2) is 6.80. The number of H-pyrrole nitrogens is 1. The number of ether oxygens (including phenoxy) is 2. The van der Waals surface area contributed by atoms with Crippen LogP contribution >= 0.6 is 23.1 Å². The molecular formula is C14H14N4O2S2. The fourth-order valence-corrected chi connectivity index (χ4v) is 3.47. The van der Waals surface area contributed by atoms with Crippen LogP contribution in [-0.2, 0) is 5.75 Å². The van der Waals surface area contributed by atoms with Gasteiger partial charge in [-0.05, 0) is 18.2 Å². The molecule has 0 bridgehead atoms. The van der Waals surface area contributed by atoms with E-state index in [0.29, 0.717) is 11.5 Å². The number of hydrogen-bond donors (Lipinski definition) is 1. The van der Waals surface area contributed by atoms with Crippen molar-refractivity contribution in [2.24, 2.45) is 0 Å². The Hall–Kier alpha value is -2.06. The highest BCUT2D eigenvalue weighted by molar-refractivity contribution is 7.98. The number of thiazole rings is 1. The van der Waals surface area contributed by atoms with Gasteiger partial charge in [0.15, 0.2) is 16.7 Å². The van der Waals surface area contributed by atoms with Crippen molar-refractivity contribution in [3.63, 3.8) is 0 Å². The molecule has 2 heterocycles. The highest BCUT2D eigenvalue weighted by Crippen LogP contribution is 2.34. The van der Waals surface area contributed by atoms with Crippen LogP contribution in [0.15, 0.2) is 35.1 Å². The zero-order valence-electron chi connectivity index (χ0n) is 12.1. The molecular weight excluding hydrogens is 320 g/mol. The summed E-state index contributed by atoms with van der Waals surface area (Å²) >= 11 is 3.18. The van der Waals surface area contributed by atoms with Crippen molar-refractivity contribution < 1.29 is 9.47 Å². The first kappa shape index (κ1) is 14.9. The van der Waals surface area contributed by atoms with Crippen molar-refractivity contribution >= 4 is 23.1 Å². The maximum absolute atomic E-state index is 5.33. The first-order valence-corrected chi connectivity index (χ1v) is 8.31. The Morgan fingerprint density at radius 3 is 2.82 bits per heavy atom. The lowest BCUT2D eigenvalue weighted by Gasteiger charge is -2.08. The summed E-state index contributed by atoms with van der Waals surface area (Å²) in [5, 5.41) is 10.4. The quantitative estimate of drug-likeness (QED) is 0.698. The minimum absolute atomic E-state index is 0.702. The third-order valence-corrected chi connectivity index (χ3v) is 4.78. The number of aromatic nitrogens is 4. The van der Waals surface area contributed by atoms with E-state index >= 15 is 0 Å². The molecule has 0 unspecified atom stereocenters. The Balaban J connectivity index is 1.75. The van der Waals surface area contributed by atoms with E-state index in [1.165, 1.54) is 6.33 Å². The molecule has 22 heavy (non-hydrogen) atoms. The minimum Gasteiger partial charge on any atom is -0.493 e. The highest BCUT2D eigenvalue weighted by atomic mass is 32.2. The van der Waals surface area contributed by atoms with Gasteiger partial charge < -0.3 is 9.47 Å². The molecule has 0 radical (unpaired) electrons. The van der Waals surface area contributed by atoms with Crippen molar-refractivity contribution in [3.8, 4) is 22.1 Å². The zero-order chi connectivity index (χ0) is 15.4. The molecule has 8 heteroatoms. The van der Waals surface area contributed by atoms with Crippen molar-refractivity contribution in [2.45, 2.75) is 10.9 Å². The molecule has 1 aromatic carbocycles. The SMILES string of the molecule is COc1ccc(-c2nc(CSc3ncn[nH]3)cs2)cc1OC. The van der Waals surface area contributed by atoms with E-state index in [0.717, 1.165) is 27.2 Å². The lowest BCUT2D eigenvalue weighted by Crippen LogP contribution is -1.90. The topological polar surface area (TPSA) is 72.9 Å². The van der Waals surface area contributed by atoms with E-state index in [1.54, 1.807) is 37.3 Å². The van der Waals surface area contributed by atoms with Gasteiger partial charge >= 0.3 is 0 Å². The van der Waals surface area contributed by atoms with Crippen LogP contribution in [0.1, 0.15) is 5.69 Å². The number of rotatable bonds is 6. The van der Waals surface area contributed by atoms with Crippen LogP contribution in [0.2, 0.25) is 0 Å². The van der Waals surface area contributed by atoms with E-state index in [-0.39, 0.29) is 0 Å². The van der Waals surface area contributed by atoms with E-state index in [2.05, 4.69) is 25.5 Å². The van der Waals surface area contributed by atoms with Gasteiger partial charge in [0.25, 0.3) is 0 Å². The Bertz CT molecular complexity index is 743. The second-order valence-electron chi connectivity index (χ2n) is 4.29. The largest absolute Gasteiger partial charge is 0.493 e. The summed E-state index contributed by atoms with van der Waals surface area (Å²) in [6.45, 7) is 0. The number of aromatic amines is 1. The van der Waals surface area contributed by atoms with Crippen LogP contribution in [0, 0.1) is 0 Å².